The Kier molecular flexibility index (Phi) is 3.69. The minimum atomic E-state index is -0.815. The predicted octanol–water partition coefficient (Wildman–Crippen LogP) is 2.05. The van der Waals surface area contributed by atoms with Gasteiger partial charge < -0.3 is 15.6 Å². The maximum Gasteiger partial charge on any atom is 0.102 e. The maximum atomic E-state index is 9.67. The highest BCUT2D eigenvalue weighted by Gasteiger charge is 2.19. The lowest BCUT2D eigenvalue weighted by Crippen LogP contribution is -2.22. The molecular formula is C16H18N2O2. The molecule has 2 aromatic carbocycles. The number of hydrogen-bond donors (Lipinski definition) is 3. The van der Waals surface area contributed by atoms with Crippen LogP contribution in [-0.2, 0) is 13.1 Å². The number of nitrogens with one attached hydrogen (secondary N) is 1. The van der Waals surface area contributed by atoms with Crippen LogP contribution in [-0.4, -0.2) is 21.8 Å². The Balaban J connectivity index is 1.72. The van der Waals surface area contributed by atoms with Crippen LogP contribution in [0.4, 0.5) is 5.69 Å². The van der Waals surface area contributed by atoms with Gasteiger partial charge in [-0.1, -0.05) is 42.5 Å². The van der Waals surface area contributed by atoms with Crippen LogP contribution >= 0.6 is 0 Å². The first-order chi connectivity index (χ1) is 9.76. The van der Waals surface area contributed by atoms with Crippen molar-refractivity contribution in [3.8, 4) is 0 Å². The summed E-state index contributed by atoms with van der Waals surface area (Å²) in [5.41, 5.74) is 7.54. The first kappa shape index (κ1) is 13.1. The second-order valence-electron chi connectivity index (χ2n) is 5.07. The minimum absolute atomic E-state index is 0.257. The number of aliphatic hydroxyl groups excluding tert-OH is 2. The van der Waals surface area contributed by atoms with E-state index in [1.165, 1.54) is 11.1 Å². The number of rotatable bonds is 4. The summed E-state index contributed by atoms with van der Waals surface area (Å²) < 4.78 is 0. The average molecular weight is 270 g/mol. The third-order valence-electron chi connectivity index (χ3n) is 3.55. The average Bonchev–Trinajstić information content (AvgIpc) is 2.88. The van der Waals surface area contributed by atoms with Crippen LogP contribution < -0.4 is 5.43 Å². The second kappa shape index (κ2) is 5.63. The molecule has 1 aliphatic rings. The topological polar surface area (TPSA) is 55.7 Å². The fraction of sp³-hybridized carbons (Fsp3) is 0.250. The van der Waals surface area contributed by atoms with Crippen LogP contribution in [0, 0.1) is 0 Å². The molecule has 3 rings (SSSR count). The smallest absolute Gasteiger partial charge is 0.102 e. The largest absolute Gasteiger partial charge is 0.393 e. The third kappa shape index (κ3) is 2.67. The van der Waals surface area contributed by atoms with Gasteiger partial charge in [0.2, 0.25) is 0 Å². The monoisotopic (exact) mass is 270 g/mol. The molecule has 0 saturated heterocycles. The fourth-order valence-corrected chi connectivity index (χ4v) is 2.46. The lowest BCUT2D eigenvalue weighted by Gasteiger charge is -2.16. The molecule has 4 nitrogen and oxygen atoms in total. The fourth-order valence-electron chi connectivity index (χ4n) is 2.46. The molecule has 2 aromatic rings. The predicted molar refractivity (Wildman–Crippen MR) is 77.8 cm³/mol. The number of benzene rings is 2. The highest BCUT2D eigenvalue weighted by molar-refractivity contribution is 5.56. The summed E-state index contributed by atoms with van der Waals surface area (Å²) in [5.74, 6) is 0. The molecule has 0 radical (unpaired) electrons. The zero-order chi connectivity index (χ0) is 13.9. The molecule has 4 heteroatoms. The molecule has 1 aliphatic heterocycles. The molecule has 1 atom stereocenters. The normalized spacial score (nSPS) is 15.7. The lowest BCUT2D eigenvalue weighted by molar-refractivity contribution is 0.0956. The minimum Gasteiger partial charge on any atom is -0.393 e. The van der Waals surface area contributed by atoms with Gasteiger partial charge in [0.15, 0.2) is 0 Å². The summed E-state index contributed by atoms with van der Waals surface area (Å²) >= 11 is 0. The zero-order valence-corrected chi connectivity index (χ0v) is 11.2. The quantitative estimate of drug-likeness (QED) is 0.796. The molecule has 0 amide bonds. The molecular weight excluding hydrogens is 252 g/mol. The van der Waals surface area contributed by atoms with Crippen molar-refractivity contribution in [3.63, 3.8) is 0 Å². The van der Waals surface area contributed by atoms with Gasteiger partial charge in [-0.2, -0.15) is 0 Å². The van der Waals surface area contributed by atoms with E-state index < -0.39 is 6.10 Å². The Bertz CT molecular complexity index is 586. The number of hydrazine groups is 1. The summed E-state index contributed by atoms with van der Waals surface area (Å²) in [6.45, 7) is 1.40. The van der Waals surface area contributed by atoms with Crippen molar-refractivity contribution in [3.05, 3.63) is 65.2 Å². The molecule has 20 heavy (non-hydrogen) atoms. The molecule has 3 N–H and O–H groups in total. The SMILES string of the molecule is OC[C@H](O)c1ccc2c(c1)NN(Cc1ccccc1)C2. The maximum absolute atomic E-state index is 9.67. The number of fused-ring (bicyclic) bond motifs is 1. The van der Waals surface area contributed by atoms with Crippen LogP contribution in [0.5, 0.6) is 0 Å². The Morgan fingerprint density at radius 3 is 2.70 bits per heavy atom. The van der Waals surface area contributed by atoms with Gasteiger partial charge in [-0.15, -0.1) is 0 Å². The van der Waals surface area contributed by atoms with Crippen molar-refractivity contribution in [2.75, 3.05) is 12.0 Å². The van der Waals surface area contributed by atoms with Crippen molar-refractivity contribution in [2.24, 2.45) is 0 Å². The summed E-state index contributed by atoms with van der Waals surface area (Å²) in [5, 5.41) is 20.8. The molecule has 0 saturated carbocycles. The van der Waals surface area contributed by atoms with Crippen LogP contribution in [0.2, 0.25) is 0 Å². The van der Waals surface area contributed by atoms with Crippen LogP contribution in [0.1, 0.15) is 22.8 Å². The summed E-state index contributed by atoms with van der Waals surface area (Å²) in [4.78, 5) is 0. The molecule has 104 valence electrons. The highest BCUT2D eigenvalue weighted by Crippen LogP contribution is 2.29. The van der Waals surface area contributed by atoms with Gasteiger partial charge in [0.25, 0.3) is 0 Å². The van der Waals surface area contributed by atoms with E-state index in [1.807, 2.05) is 36.4 Å². The summed E-state index contributed by atoms with van der Waals surface area (Å²) in [7, 11) is 0. The lowest BCUT2D eigenvalue weighted by atomic mass is 10.1. The first-order valence-corrected chi connectivity index (χ1v) is 6.73. The highest BCUT2D eigenvalue weighted by atomic mass is 16.3. The zero-order valence-electron chi connectivity index (χ0n) is 11.2. The Labute approximate surface area is 118 Å². The molecule has 0 aromatic heterocycles. The molecule has 0 spiro atoms. The Morgan fingerprint density at radius 2 is 1.95 bits per heavy atom. The van der Waals surface area contributed by atoms with Crippen molar-refractivity contribution in [1.82, 2.24) is 5.01 Å². The second-order valence-corrected chi connectivity index (χ2v) is 5.07. The summed E-state index contributed by atoms with van der Waals surface area (Å²) in [6.07, 6.45) is -0.815. The first-order valence-electron chi connectivity index (χ1n) is 6.73. The number of hydrogen-bond acceptors (Lipinski definition) is 4. The summed E-state index contributed by atoms with van der Waals surface area (Å²) in [6, 6.07) is 16.1. The van der Waals surface area contributed by atoms with E-state index in [4.69, 9.17) is 5.11 Å². The number of nitrogens with zero attached hydrogens (tertiary/aromatic N) is 1. The van der Waals surface area contributed by atoms with E-state index >= 15 is 0 Å². The molecule has 0 aliphatic carbocycles. The Morgan fingerprint density at radius 1 is 1.15 bits per heavy atom. The Hall–Kier alpha value is -1.88. The molecule has 0 bridgehead atoms. The van der Waals surface area contributed by atoms with Crippen LogP contribution in [0.3, 0.4) is 0 Å². The standard InChI is InChI=1S/C16H18N2O2/c19-11-16(20)13-6-7-14-10-18(17-15(14)8-13)9-12-4-2-1-3-5-12/h1-8,16-17,19-20H,9-11H2/t16-/m0/s1. The van der Waals surface area contributed by atoms with Gasteiger partial charge in [0.05, 0.1) is 12.3 Å². The van der Waals surface area contributed by atoms with Crippen molar-refractivity contribution < 1.29 is 10.2 Å². The van der Waals surface area contributed by atoms with Crippen molar-refractivity contribution >= 4 is 5.69 Å². The number of aliphatic hydroxyl groups is 2. The van der Waals surface area contributed by atoms with Gasteiger partial charge in [0.1, 0.15) is 6.10 Å². The molecule has 0 unspecified atom stereocenters. The van der Waals surface area contributed by atoms with E-state index in [0.29, 0.717) is 0 Å². The molecule has 1 heterocycles. The molecule has 0 fully saturated rings. The van der Waals surface area contributed by atoms with Crippen LogP contribution in [0.15, 0.2) is 48.5 Å². The van der Waals surface area contributed by atoms with Crippen molar-refractivity contribution in [1.29, 1.82) is 0 Å². The van der Waals surface area contributed by atoms with Gasteiger partial charge in [-0.05, 0) is 22.8 Å². The number of anilines is 1. The van der Waals surface area contributed by atoms with E-state index in [-0.39, 0.29) is 6.61 Å². The van der Waals surface area contributed by atoms with E-state index in [9.17, 15) is 5.11 Å². The van der Waals surface area contributed by atoms with Gasteiger partial charge in [-0.25, -0.2) is 5.01 Å². The van der Waals surface area contributed by atoms with E-state index in [1.54, 1.807) is 0 Å². The van der Waals surface area contributed by atoms with E-state index in [0.717, 1.165) is 24.3 Å². The van der Waals surface area contributed by atoms with E-state index in [2.05, 4.69) is 22.6 Å². The van der Waals surface area contributed by atoms with Gasteiger partial charge in [-0.3, -0.25) is 0 Å². The van der Waals surface area contributed by atoms with Gasteiger partial charge >= 0.3 is 0 Å². The van der Waals surface area contributed by atoms with Crippen molar-refractivity contribution in [2.45, 2.75) is 19.2 Å². The van der Waals surface area contributed by atoms with Crippen LogP contribution in [0.25, 0.3) is 0 Å². The third-order valence-corrected chi connectivity index (χ3v) is 3.55. The van der Waals surface area contributed by atoms with Gasteiger partial charge in [0, 0.05) is 13.1 Å².